The van der Waals surface area contributed by atoms with E-state index in [2.05, 4.69) is 20.7 Å². The lowest BCUT2D eigenvalue weighted by Gasteiger charge is -2.14. The number of aliphatic hydroxyl groups excluding tert-OH is 1. The Morgan fingerprint density at radius 2 is 2.08 bits per heavy atom. The molecule has 1 aromatic heterocycles. The van der Waals surface area contributed by atoms with E-state index in [-0.39, 0.29) is 0 Å². The van der Waals surface area contributed by atoms with Crippen molar-refractivity contribution in [1.82, 2.24) is 20.4 Å². The lowest BCUT2D eigenvalue weighted by molar-refractivity contribution is 0.168. The van der Waals surface area contributed by atoms with Gasteiger partial charge in [-0.1, -0.05) is 30.3 Å². The summed E-state index contributed by atoms with van der Waals surface area (Å²) in [5, 5.41) is 20.9. The summed E-state index contributed by atoms with van der Waals surface area (Å²) < 4.78 is 1.82. The van der Waals surface area contributed by atoms with E-state index in [0.717, 1.165) is 37.5 Å². The fourth-order valence-corrected chi connectivity index (χ4v) is 2.59. The summed E-state index contributed by atoms with van der Waals surface area (Å²) >= 11 is 0. The van der Waals surface area contributed by atoms with E-state index in [9.17, 15) is 5.11 Å². The van der Waals surface area contributed by atoms with E-state index in [1.54, 1.807) is 0 Å². The van der Waals surface area contributed by atoms with Crippen molar-refractivity contribution in [1.29, 1.82) is 0 Å². The Hall–Kier alpha value is -2.34. The first-order valence-electron chi connectivity index (χ1n) is 8.91. The first kappa shape index (κ1) is 19.0. The predicted molar refractivity (Wildman–Crippen MR) is 102 cm³/mol. The van der Waals surface area contributed by atoms with Crippen LogP contribution in [0, 0.1) is 0 Å². The summed E-state index contributed by atoms with van der Waals surface area (Å²) in [4.78, 5) is 4.59. The molecule has 6 nitrogen and oxygen atoms in total. The number of hydrogen-bond acceptors (Lipinski definition) is 3. The number of benzene rings is 1. The molecule has 1 aromatic carbocycles. The summed E-state index contributed by atoms with van der Waals surface area (Å²) in [5.74, 6) is 0.800. The van der Waals surface area contributed by atoms with Crippen molar-refractivity contribution in [3.05, 3.63) is 53.9 Å². The largest absolute Gasteiger partial charge is 0.388 e. The zero-order valence-corrected chi connectivity index (χ0v) is 15.2. The number of aryl methyl sites for hydroxylation is 2. The van der Waals surface area contributed by atoms with Crippen LogP contribution in [-0.4, -0.2) is 40.5 Å². The second-order valence-electron chi connectivity index (χ2n) is 6.03. The molecule has 0 aliphatic carbocycles. The van der Waals surface area contributed by atoms with Gasteiger partial charge in [-0.3, -0.25) is 9.67 Å². The van der Waals surface area contributed by atoms with Crippen molar-refractivity contribution >= 4 is 5.96 Å². The van der Waals surface area contributed by atoms with Crippen molar-refractivity contribution < 1.29 is 5.11 Å². The van der Waals surface area contributed by atoms with Crippen LogP contribution in [0.2, 0.25) is 0 Å². The quantitative estimate of drug-likeness (QED) is 0.370. The monoisotopic (exact) mass is 343 g/mol. The average Bonchev–Trinajstić information content (AvgIpc) is 3.04. The molecule has 0 spiro atoms. The minimum Gasteiger partial charge on any atom is -0.388 e. The van der Waals surface area contributed by atoms with Crippen molar-refractivity contribution in [3.8, 4) is 0 Å². The second-order valence-corrected chi connectivity index (χ2v) is 6.03. The molecule has 3 N–H and O–H groups in total. The second kappa shape index (κ2) is 10.5. The summed E-state index contributed by atoms with van der Waals surface area (Å²) in [6, 6.07) is 9.74. The highest BCUT2D eigenvalue weighted by molar-refractivity contribution is 5.79. The van der Waals surface area contributed by atoms with Gasteiger partial charge in [0.2, 0.25) is 0 Å². The number of hydrogen-bond donors (Lipinski definition) is 3. The topological polar surface area (TPSA) is 74.5 Å². The number of guanidine groups is 1. The summed E-state index contributed by atoms with van der Waals surface area (Å²) in [6.45, 7) is 4.29. The zero-order chi connectivity index (χ0) is 17.9. The van der Waals surface area contributed by atoms with Crippen molar-refractivity contribution in [2.24, 2.45) is 12.0 Å². The molecule has 1 heterocycles. The molecule has 0 saturated carbocycles. The van der Waals surface area contributed by atoms with E-state index in [0.29, 0.717) is 13.0 Å². The Balaban J connectivity index is 1.71. The highest BCUT2D eigenvalue weighted by Gasteiger charge is 2.06. The Kier molecular flexibility index (Phi) is 7.98. The standard InChI is InChI=1S/C19H29N5O/c1-3-20-19(21-12-7-8-16-14-23-24(2)15-16)22-13-11-18(25)17-9-5-4-6-10-17/h4-6,9-10,14-15,18,25H,3,7-8,11-13H2,1-2H3,(H2,20,21,22). The maximum atomic E-state index is 10.2. The highest BCUT2D eigenvalue weighted by atomic mass is 16.3. The van der Waals surface area contributed by atoms with Crippen LogP contribution in [-0.2, 0) is 13.5 Å². The number of aliphatic hydroxyl groups is 1. The summed E-state index contributed by atoms with van der Waals surface area (Å²) in [6.07, 6.45) is 6.08. The van der Waals surface area contributed by atoms with E-state index < -0.39 is 6.10 Å². The van der Waals surface area contributed by atoms with E-state index >= 15 is 0 Å². The molecular weight excluding hydrogens is 314 g/mol. The van der Waals surface area contributed by atoms with E-state index in [1.165, 1.54) is 5.56 Å². The van der Waals surface area contributed by atoms with Gasteiger partial charge in [0.25, 0.3) is 0 Å². The van der Waals surface area contributed by atoms with Gasteiger partial charge in [0.15, 0.2) is 5.96 Å². The van der Waals surface area contributed by atoms with Gasteiger partial charge in [-0.05, 0) is 37.3 Å². The van der Waals surface area contributed by atoms with Gasteiger partial charge in [0.05, 0.1) is 12.3 Å². The first-order chi connectivity index (χ1) is 12.2. The van der Waals surface area contributed by atoms with Crippen molar-refractivity contribution in [3.63, 3.8) is 0 Å². The Labute approximate surface area is 150 Å². The normalized spacial score (nSPS) is 12.8. The minimum absolute atomic E-state index is 0.456. The molecule has 2 aromatic rings. The molecule has 0 aliphatic heterocycles. The van der Waals surface area contributed by atoms with Gasteiger partial charge < -0.3 is 15.7 Å². The van der Waals surface area contributed by atoms with Gasteiger partial charge >= 0.3 is 0 Å². The molecule has 0 amide bonds. The molecule has 6 heteroatoms. The molecule has 2 rings (SSSR count). The van der Waals surface area contributed by atoms with Gasteiger partial charge in [-0.25, -0.2) is 0 Å². The van der Waals surface area contributed by atoms with Crippen LogP contribution in [0.4, 0.5) is 0 Å². The fraction of sp³-hybridized carbons (Fsp3) is 0.474. The average molecular weight is 343 g/mol. The number of aromatic nitrogens is 2. The third-order valence-corrected chi connectivity index (χ3v) is 3.89. The van der Waals surface area contributed by atoms with Crippen LogP contribution in [0.5, 0.6) is 0 Å². The van der Waals surface area contributed by atoms with Gasteiger partial charge in [0, 0.05) is 32.9 Å². The van der Waals surface area contributed by atoms with Crippen LogP contribution in [0.3, 0.4) is 0 Å². The lowest BCUT2D eigenvalue weighted by atomic mass is 10.1. The van der Waals surface area contributed by atoms with Crippen LogP contribution >= 0.6 is 0 Å². The van der Waals surface area contributed by atoms with E-state index in [4.69, 9.17) is 0 Å². The van der Waals surface area contributed by atoms with Gasteiger partial charge in [-0.2, -0.15) is 5.10 Å². The van der Waals surface area contributed by atoms with E-state index in [1.807, 2.05) is 61.4 Å². The molecule has 0 bridgehead atoms. The minimum atomic E-state index is -0.456. The van der Waals surface area contributed by atoms with Crippen molar-refractivity contribution in [2.75, 3.05) is 19.6 Å². The smallest absolute Gasteiger partial charge is 0.191 e. The van der Waals surface area contributed by atoms with Crippen LogP contribution < -0.4 is 10.6 Å². The van der Waals surface area contributed by atoms with Crippen LogP contribution in [0.15, 0.2) is 47.7 Å². The molecule has 1 unspecified atom stereocenters. The fourth-order valence-electron chi connectivity index (χ4n) is 2.59. The van der Waals surface area contributed by atoms with Crippen LogP contribution in [0.25, 0.3) is 0 Å². The maximum absolute atomic E-state index is 10.2. The zero-order valence-electron chi connectivity index (χ0n) is 15.2. The Morgan fingerprint density at radius 3 is 2.76 bits per heavy atom. The van der Waals surface area contributed by atoms with Gasteiger partial charge in [-0.15, -0.1) is 0 Å². The molecule has 1 atom stereocenters. The SMILES string of the molecule is CCNC(=NCCCc1cnn(C)c1)NCCC(O)c1ccccc1. The Bertz CT molecular complexity index is 638. The number of rotatable bonds is 9. The van der Waals surface area contributed by atoms with Crippen LogP contribution in [0.1, 0.15) is 37.0 Å². The molecule has 0 saturated heterocycles. The van der Waals surface area contributed by atoms with Crippen molar-refractivity contribution in [2.45, 2.75) is 32.3 Å². The summed E-state index contributed by atoms with van der Waals surface area (Å²) in [5.41, 5.74) is 2.18. The number of nitrogens with one attached hydrogen (secondary N) is 2. The number of nitrogens with zero attached hydrogens (tertiary/aromatic N) is 3. The predicted octanol–water partition coefficient (Wildman–Crippen LogP) is 2.03. The summed E-state index contributed by atoms with van der Waals surface area (Å²) in [7, 11) is 1.93. The molecule has 0 fully saturated rings. The molecule has 136 valence electrons. The molecular formula is C19H29N5O. The lowest BCUT2D eigenvalue weighted by Crippen LogP contribution is -2.38. The Morgan fingerprint density at radius 1 is 1.28 bits per heavy atom. The third-order valence-electron chi connectivity index (χ3n) is 3.89. The maximum Gasteiger partial charge on any atom is 0.191 e. The third kappa shape index (κ3) is 6.97. The highest BCUT2D eigenvalue weighted by Crippen LogP contribution is 2.14. The number of aliphatic imine (C=N–C) groups is 1. The molecule has 0 radical (unpaired) electrons. The van der Waals surface area contributed by atoms with Gasteiger partial charge in [0.1, 0.15) is 0 Å². The molecule has 0 aliphatic rings. The first-order valence-corrected chi connectivity index (χ1v) is 8.91. The molecule has 25 heavy (non-hydrogen) atoms.